The van der Waals surface area contributed by atoms with Crippen LogP contribution in [0.15, 0.2) is 0 Å². The first-order chi connectivity index (χ1) is 23.3. The average Bonchev–Trinajstić information content (AvgIpc) is 2.96. The molecule has 6 unspecified atom stereocenters. The third-order valence-electron chi connectivity index (χ3n) is 18.1. The van der Waals surface area contributed by atoms with Crippen LogP contribution in [0.1, 0.15) is 269 Å². The molecular formula is C52H104. The van der Waals surface area contributed by atoms with Crippen molar-refractivity contribution >= 4 is 0 Å². The first-order valence-electron chi connectivity index (χ1n) is 23.3. The molecule has 6 atom stereocenters. The lowest BCUT2D eigenvalue weighted by molar-refractivity contribution is -0.379. The summed E-state index contributed by atoms with van der Waals surface area (Å²) in [5.41, 5.74) is 0.836. The van der Waals surface area contributed by atoms with Crippen LogP contribution in [0.25, 0.3) is 0 Å². The maximum absolute atomic E-state index is 2.75. The monoisotopic (exact) mass is 729 g/mol. The maximum atomic E-state index is 2.75. The summed E-state index contributed by atoms with van der Waals surface area (Å²) in [7, 11) is 0. The van der Waals surface area contributed by atoms with Crippen molar-refractivity contribution in [3.63, 3.8) is 0 Å². The molecule has 1 aliphatic carbocycles. The molecule has 0 aromatic rings. The SMILES string of the molecule is CCC1(C(C)(C)C)CCCCCCCCCCC(CC)(C(C)(C)C)C(CC)(C(C)(C)C)C(CC)(C(C)(C)C)C(CC)(C(C)(C)C)C1(CC)C(C)(C)C. The highest BCUT2D eigenvalue weighted by atomic mass is 14.9. The van der Waals surface area contributed by atoms with Gasteiger partial charge in [-0.05, 0) is 116 Å². The fourth-order valence-corrected chi connectivity index (χ4v) is 17.8. The van der Waals surface area contributed by atoms with E-state index in [9.17, 15) is 0 Å². The molecule has 0 amide bonds. The van der Waals surface area contributed by atoms with E-state index in [0.717, 1.165) is 0 Å². The van der Waals surface area contributed by atoms with Crippen molar-refractivity contribution in [2.45, 2.75) is 269 Å². The van der Waals surface area contributed by atoms with Gasteiger partial charge in [0.2, 0.25) is 0 Å². The summed E-state index contributed by atoms with van der Waals surface area (Å²) >= 11 is 0. The van der Waals surface area contributed by atoms with Crippen LogP contribution in [0.5, 0.6) is 0 Å². The molecule has 52 heavy (non-hydrogen) atoms. The molecule has 0 aromatic heterocycles. The van der Waals surface area contributed by atoms with E-state index in [0.29, 0.717) is 0 Å². The van der Waals surface area contributed by atoms with Gasteiger partial charge in [0, 0.05) is 0 Å². The first-order valence-corrected chi connectivity index (χ1v) is 23.3. The summed E-state index contributed by atoms with van der Waals surface area (Å²) < 4.78 is 0. The highest BCUT2D eigenvalue weighted by Gasteiger charge is 2.83. The van der Waals surface area contributed by atoms with Crippen LogP contribution in [0, 0.1) is 65.0 Å². The van der Waals surface area contributed by atoms with Gasteiger partial charge in [0.1, 0.15) is 0 Å². The van der Waals surface area contributed by atoms with E-state index in [-0.39, 0.29) is 65.0 Å². The lowest BCUT2D eigenvalue weighted by Crippen LogP contribution is -2.80. The molecule has 0 spiro atoms. The van der Waals surface area contributed by atoms with Crippen molar-refractivity contribution < 1.29 is 0 Å². The quantitative estimate of drug-likeness (QED) is 0.255. The smallest absolute Gasteiger partial charge is 0.0118 e. The van der Waals surface area contributed by atoms with Crippen LogP contribution in [0.4, 0.5) is 0 Å². The molecule has 0 aromatic carbocycles. The minimum atomic E-state index is -0.0116. The summed E-state index contributed by atoms with van der Waals surface area (Å²) in [6, 6.07) is 0. The summed E-state index contributed by atoms with van der Waals surface area (Å²) in [5, 5.41) is 0. The molecule has 0 heteroatoms. The molecule has 0 N–H and O–H groups in total. The maximum Gasteiger partial charge on any atom is -0.0118 e. The van der Waals surface area contributed by atoms with Gasteiger partial charge >= 0.3 is 0 Å². The number of hydrogen-bond acceptors (Lipinski definition) is 0. The second kappa shape index (κ2) is 16.5. The van der Waals surface area contributed by atoms with Crippen molar-refractivity contribution in [3.8, 4) is 0 Å². The van der Waals surface area contributed by atoms with E-state index in [4.69, 9.17) is 0 Å². The fraction of sp³-hybridized carbons (Fsp3) is 1.00. The topological polar surface area (TPSA) is 0 Å². The lowest BCUT2D eigenvalue weighted by atomic mass is 9.18. The van der Waals surface area contributed by atoms with Crippen molar-refractivity contribution in [2.75, 3.05) is 0 Å². The predicted molar refractivity (Wildman–Crippen MR) is 239 cm³/mol. The summed E-state index contributed by atoms with van der Waals surface area (Å²) in [4.78, 5) is 0. The Labute approximate surface area is 332 Å². The van der Waals surface area contributed by atoms with Crippen LogP contribution >= 0.6 is 0 Å². The highest BCUT2D eigenvalue weighted by Crippen LogP contribution is 2.89. The zero-order chi connectivity index (χ0) is 41.3. The van der Waals surface area contributed by atoms with Gasteiger partial charge in [-0.2, -0.15) is 0 Å². The van der Waals surface area contributed by atoms with Crippen LogP contribution < -0.4 is 0 Å². The van der Waals surface area contributed by atoms with Crippen LogP contribution in [-0.2, 0) is 0 Å². The Bertz CT molecular complexity index is 992. The van der Waals surface area contributed by atoms with E-state index in [1.165, 1.54) is 103 Å². The molecule has 0 heterocycles. The van der Waals surface area contributed by atoms with Crippen LogP contribution in [0.2, 0.25) is 0 Å². The Morgan fingerprint density at radius 1 is 0.250 bits per heavy atom. The van der Waals surface area contributed by atoms with Crippen LogP contribution in [0.3, 0.4) is 0 Å². The van der Waals surface area contributed by atoms with Gasteiger partial charge < -0.3 is 0 Å². The highest BCUT2D eigenvalue weighted by molar-refractivity contribution is 5.30. The van der Waals surface area contributed by atoms with Crippen molar-refractivity contribution in [1.82, 2.24) is 0 Å². The van der Waals surface area contributed by atoms with Crippen molar-refractivity contribution in [1.29, 1.82) is 0 Å². The van der Waals surface area contributed by atoms with E-state index in [1.54, 1.807) is 0 Å². The molecule has 312 valence electrons. The molecule has 0 radical (unpaired) electrons. The normalized spacial score (nSPS) is 35.1. The predicted octanol–water partition coefficient (Wildman–Crippen LogP) is 18.6. The Morgan fingerprint density at radius 3 is 0.577 bits per heavy atom. The van der Waals surface area contributed by atoms with E-state index >= 15 is 0 Å². The number of rotatable bonds is 6. The Balaban J connectivity index is 5.49. The van der Waals surface area contributed by atoms with Crippen LogP contribution in [-0.4, -0.2) is 0 Å². The molecule has 1 fully saturated rings. The number of hydrogen-bond donors (Lipinski definition) is 0. The minimum Gasteiger partial charge on any atom is -0.0648 e. The summed E-state index contributed by atoms with van der Waals surface area (Å²) in [6.45, 7) is 65.0. The summed E-state index contributed by atoms with van der Waals surface area (Å²) in [5.74, 6) is 0. The largest absolute Gasteiger partial charge is 0.0648 e. The molecule has 0 aliphatic heterocycles. The molecular weight excluding hydrogens is 625 g/mol. The summed E-state index contributed by atoms with van der Waals surface area (Å²) in [6.07, 6.45) is 21.2. The molecule has 0 nitrogen and oxygen atoms in total. The van der Waals surface area contributed by atoms with Crippen molar-refractivity contribution in [2.24, 2.45) is 65.0 Å². The van der Waals surface area contributed by atoms with E-state index < -0.39 is 0 Å². The third-order valence-corrected chi connectivity index (χ3v) is 18.1. The lowest BCUT2D eigenvalue weighted by Gasteiger charge is -2.85. The van der Waals surface area contributed by atoms with Gasteiger partial charge in [0.15, 0.2) is 0 Å². The first kappa shape index (κ1) is 50.0. The van der Waals surface area contributed by atoms with Gasteiger partial charge in [-0.25, -0.2) is 0 Å². The second-order valence-electron chi connectivity index (χ2n) is 24.7. The molecule has 1 aliphatic rings. The Kier molecular flexibility index (Phi) is 15.8. The van der Waals surface area contributed by atoms with Gasteiger partial charge in [-0.3, -0.25) is 0 Å². The third kappa shape index (κ3) is 6.89. The molecule has 1 saturated carbocycles. The van der Waals surface area contributed by atoms with Gasteiger partial charge in [-0.1, -0.05) is 218 Å². The van der Waals surface area contributed by atoms with E-state index in [2.05, 4.69) is 166 Å². The van der Waals surface area contributed by atoms with Gasteiger partial charge in [0.25, 0.3) is 0 Å². The Hall–Kier alpha value is 0. The average molecular weight is 729 g/mol. The fourth-order valence-electron chi connectivity index (χ4n) is 17.8. The van der Waals surface area contributed by atoms with Gasteiger partial charge in [-0.15, -0.1) is 0 Å². The molecule has 0 saturated heterocycles. The van der Waals surface area contributed by atoms with E-state index in [1.807, 2.05) is 0 Å². The minimum absolute atomic E-state index is 0.0116. The second-order valence-corrected chi connectivity index (χ2v) is 24.7. The zero-order valence-electron chi connectivity index (χ0n) is 41.3. The van der Waals surface area contributed by atoms with Crippen molar-refractivity contribution in [3.05, 3.63) is 0 Å². The Morgan fingerprint density at radius 2 is 0.442 bits per heavy atom. The molecule has 1 rings (SSSR count). The standard InChI is InChI=1S/C52H104/c1-25-47(41(7,8)9)39-37-35-33-31-32-34-36-38-40-48(26-2,42(10,11)12)50(28-4,44(16,17)18)52(30-6,46(22,23)24)51(29-5,45(19,20)21)49(47,27-3)43(13,14)15/h25-40H2,1-24H3. The molecule has 0 bridgehead atoms. The van der Waals surface area contributed by atoms with Gasteiger partial charge in [0.05, 0.1) is 0 Å². The zero-order valence-corrected chi connectivity index (χ0v) is 41.3.